The number of hydrogen-bond acceptors (Lipinski definition) is 5. The molecule has 4 rings (SSSR count). The van der Waals surface area contributed by atoms with Crippen LogP contribution < -0.4 is 10.9 Å². The average molecular weight is 413 g/mol. The molecule has 0 atom stereocenters. The van der Waals surface area contributed by atoms with Gasteiger partial charge in [0.1, 0.15) is 21.9 Å². The van der Waals surface area contributed by atoms with E-state index in [1.165, 1.54) is 15.9 Å². The second-order valence-electron chi connectivity index (χ2n) is 6.42. The van der Waals surface area contributed by atoms with Gasteiger partial charge in [-0.1, -0.05) is 24.6 Å². The molecule has 0 saturated carbocycles. The number of amides is 1. The minimum atomic E-state index is -0.308. The normalized spacial score (nSPS) is 11.2. The van der Waals surface area contributed by atoms with E-state index in [4.69, 9.17) is 11.6 Å². The number of halogens is 1. The summed E-state index contributed by atoms with van der Waals surface area (Å²) in [6, 6.07) is 9.04. The van der Waals surface area contributed by atoms with E-state index in [0.29, 0.717) is 33.2 Å². The van der Waals surface area contributed by atoms with Gasteiger partial charge in [-0.3, -0.25) is 14.2 Å². The van der Waals surface area contributed by atoms with Crippen LogP contribution in [0.1, 0.15) is 18.3 Å². The molecule has 3 aromatic heterocycles. The van der Waals surface area contributed by atoms with Crippen molar-refractivity contribution in [2.45, 2.75) is 26.8 Å². The molecule has 0 fully saturated rings. The van der Waals surface area contributed by atoms with Gasteiger partial charge in [-0.15, -0.1) is 11.3 Å². The molecule has 0 spiro atoms. The summed E-state index contributed by atoms with van der Waals surface area (Å²) in [7, 11) is 0. The fraction of sp³-hybridized carbons (Fsp3) is 0.200. The number of aromatic nitrogens is 3. The first kappa shape index (κ1) is 18.6. The lowest BCUT2D eigenvalue weighted by atomic mass is 10.2. The Hall–Kier alpha value is -2.77. The van der Waals surface area contributed by atoms with E-state index in [1.807, 2.05) is 32.0 Å². The van der Waals surface area contributed by atoms with Gasteiger partial charge in [-0.05, 0) is 36.8 Å². The molecular weight excluding hydrogens is 396 g/mol. The SMILES string of the molecule is CCc1nc2c(sc3ncccc32)c(=O)n1CC(=O)Nc1ccc(C)c(Cl)c1. The maximum atomic E-state index is 13.1. The smallest absolute Gasteiger partial charge is 0.272 e. The van der Waals surface area contributed by atoms with Crippen LogP contribution in [0.25, 0.3) is 20.4 Å². The molecule has 0 aliphatic heterocycles. The number of hydrogen-bond donors (Lipinski definition) is 1. The predicted octanol–water partition coefficient (Wildman–Crippen LogP) is 4.17. The van der Waals surface area contributed by atoms with Gasteiger partial charge in [0.15, 0.2) is 0 Å². The standard InChI is InChI=1S/C20H17ClN4O2S/c1-3-15-24-17-13-5-4-8-22-19(13)28-18(17)20(27)25(15)10-16(26)23-12-7-6-11(2)14(21)9-12/h4-9H,3,10H2,1-2H3,(H,23,26). The number of fused-ring (bicyclic) bond motifs is 3. The summed E-state index contributed by atoms with van der Waals surface area (Å²) in [5.74, 6) is 0.259. The highest BCUT2D eigenvalue weighted by Gasteiger charge is 2.17. The molecule has 4 aromatic rings. The molecule has 0 unspecified atom stereocenters. The predicted molar refractivity (Wildman–Crippen MR) is 113 cm³/mol. The third-order valence-corrected chi connectivity index (χ3v) is 6.00. The van der Waals surface area contributed by atoms with Crippen molar-refractivity contribution >= 4 is 55.0 Å². The van der Waals surface area contributed by atoms with E-state index in [1.54, 1.807) is 18.3 Å². The second-order valence-corrected chi connectivity index (χ2v) is 7.83. The Morgan fingerprint density at radius 3 is 2.89 bits per heavy atom. The summed E-state index contributed by atoms with van der Waals surface area (Å²) in [4.78, 5) is 35.4. The van der Waals surface area contributed by atoms with Gasteiger partial charge in [0.25, 0.3) is 5.56 Å². The fourth-order valence-electron chi connectivity index (χ4n) is 3.05. The van der Waals surface area contributed by atoms with Crippen molar-refractivity contribution in [2.24, 2.45) is 0 Å². The van der Waals surface area contributed by atoms with E-state index in [0.717, 1.165) is 15.8 Å². The average Bonchev–Trinajstić information content (AvgIpc) is 3.06. The lowest BCUT2D eigenvalue weighted by Crippen LogP contribution is -2.30. The molecule has 8 heteroatoms. The quantitative estimate of drug-likeness (QED) is 0.545. The van der Waals surface area contributed by atoms with E-state index in [-0.39, 0.29) is 18.0 Å². The van der Waals surface area contributed by atoms with Gasteiger partial charge in [-0.2, -0.15) is 0 Å². The third kappa shape index (κ3) is 3.27. The first-order chi connectivity index (χ1) is 13.5. The molecule has 0 bridgehead atoms. The monoisotopic (exact) mass is 412 g/mol. The number of nitrogens with one attached hydrogen (secondary N) is 1. The number of carbonyl (C=O) groups excluding carboxylic acids is 1. The molecule has 28 heavy (non-hydrogen) atoms. The number of thiophene rings is 1. The number of benzene rings is 1. The third-order valence-electron chi connectivity index (χ3n) is 4.51. The molecule has 0 radical (unpaired) electrons. The van der Waals surface area contributed by atoms with Crippen LogP contribution in [-0.2, 0) is 17.8 Å². The molecule has 1 N–H and O–H groups in total. The summed E-state index contributed by atoms with van der Waals surface area (Å²) in [6.07, 6.45) is 2.23. The highest BCUT2D eigenvalue weighted by atomic mass is 35.5. The van der Waals surface area contributed by atoms with Crippen LogP contribution in [-0.4, -0.2) is 20.4 Å². The van der Waals surface area contributed by atoms with Crippen LogP contribution in [0, 0.1) is 6.92 Å². The van der Waals surface area contributed by atoms with Gasteiger partial charge in [-0.25, -0.2) is 9.97 Å². The van der Waals surface area contributed by atoms with Crippen LogP contribution in [0.4, 0.5) is 5.69 Å². The van der Waals surface area contributed by atoms with Gasteiger partial charge in [0, 0.05) is 28.7 Å². The van der Waals surface area contributed by atoms with Crippen molar-refractivity contribution in [2.75, 3.05) is 5.32 Å². The Bertz CT molecular complexity index is 1280. The molecular formula is C20H17ClN4O2S. The largest absolute Gasteiger partial charge is 0.324 e. The van der Waals surface area contributed by atoms with E-state index < -0.39 is 0 Å². The van der Waals surface area contributed by atoms with Crippen LogP contribution in [0.3, 0.4) is 0 Å². The molecule has 3 heterocycles. The van der Waals surface area contributed by atoms with Gasteiger partial charge >= 0.3 is 0 Å². The Morgan fingerprint density at radius 2 is 2.14 bits per heavy atom. The van der Waals surface area contributed by atoms with Crippen LogP contribution in [0.5, 0.6) is 0 Å². The zero-order chi connectivity index (χ0) is 19.8. The maximum absolute atomic E-state index is 13.1. The number of carbonyl (C=O) groups is 1. The van der Waals surface area contributed by atoms with Crippen molar-refractivity contribution < 1.29 is 4.79 Å². The number of pyridine rings is 1. The van der Waals surface area contributed by atoms with E-state index in [2.05, 4.69) is 15.3 Å². The molecule has 0 aliphatic rings. The van der Waals surface area contributed by atoms with Gasteiger partial charge in [0.05, 0.1) is 5.52 Å². The summed E-state index contributed by atoms with van der Waals surface area (Å²) in [5.41, 5.74) is 1.95. The fourth-order valence-corrected chi connectivity index (χ4v) is 4.26. The van der Waals surface area contributed by atoms with Gasteiger partial charge < -0.3 is 5.32 Å². The van der Waals surface area contributed by atoms with E-state index >= 15 is 0 Å². The Kier molecular flexibility index (Phi) is 4.87. The van der Waals surface area contributed by atoms with Crippen LogP contribution in [0.2, 0.25) is 5.02 Å². The van der Waals surface area contributed by atoms with Crippen molar-refractivity contribution in [3.63, 3.8) is 0 Å². The first-order valence-electron chi connectivity index (χ1n) is 8.81. The van der Waals surface area contributed by atoms with Crippen molar-refractivity contribution in [3.8, 4) is 0 Å². The topological polar surface area (TPSA) is 76.9 Å². The highest BCUT2D eigenvalue weighted by molar-refractivity contribution is 7.25. The molecule has 1 aromatic carbocycles. The lowest BCUT2D eigenvalue weighted by Gasteiger charge is -2.12. The summed E-state index contributed by atoms with van der Waals surface area (Å²) < 4.78 is 1.94. The Balaban J connectivity index is 1.72. The molecule has 0 saturated heterocycles. The number of aryl methyl sites for hydroxylation is 2. The lowest BCUT2D eigenvalue weighted by molar-refractivity contribution is -0.116. The van der Waals surface area contributed by atoms with Gasteiger partial charge in [0.2, 0.25) is 5.91 Å². The summed E-state index contributed by atoms with van der Waals surface area (Å²) >= 11 is 7.41. The Labute approximate surface area is 169 Å². The Morgan fingerprint density at radius 1 is 1.32 bits per heavy atom. The minimum absolute atomic E-state index is 0.113. The molecule has 142 valence electrons. The van der Waals surface area contributed by atoms with Crippen LogP contribution >= 0.6 is 22.9 Å². The second kappa shape index (κ2) is 7.33. The summed E-state index contributed by atoms with van der Waals surface area (Å²) in [5, 5.41) is 4.23. The molecule has 0 aliphatic carbocycles. The molecule has 1 amide bonds. The van der Waals surface area contributed by atoms with Crippen molar-refractivity contribution in [1.82, 2.24) is 14.5 Å². The zero-order valence-corrected chi connectivity index (χ0v) is 16.9. The van der Waals surface area contributed by atoms with E-state index in [9.17, 15) is 9.59 Å². The van der Waals surface area contributed by atoms with Crippen molar-refractivity contribution in [1.29, 1.82) is 0 Å². The summed E-state index contributed by atoms with van der Waals surface area (Å²) in [6.45, 7) is 3.69. The minimum Gasteiger partial charge on any atom is -0.324 e. The number of rotatable bonds is 4. The maximum Gasteiger partial charge on any atom is 0.272 e. The highest BCUT2D eigenvalue weighted by Crippen LogP contribution is 2.28. The number of nitrogens with zero attached hydrogens (tertiary/aromatic N) is 3. The molecule has 6 nitrogen and oxygen atoms in total. The van der Waals surface area contributed by atoms with Crippen molar-refractivity contribution in [3.05, 3.63) is 63.3 Å². The first-order valence-corrected chi connectivity index (χ1v) is 10.00. The number of anilines is 1. The zero-order valence-electron chi connectivity index (χ0n) is 15.3. The van der Waals surface area contributed by atoms with Crippen LogP contribution in [0.15, 0.2) is 41.3 Å².